The number of halogens is 1. The molecule has 2 aromatic rings. The second-order valence-corrected chi connectivity index (χ2v) is 4.17. The Morgan fingerprint density at radius 2 is 2.05 bits per heavy atom. The summed E-state index contributed by atoms with van der Waals surface area (Å²) in [6.07, 6.45) is 0. The molecule has 2 aromatic carbocycles. The number of carboxylic acid groups (broad SMARTS) is 1. The number of benzene rings is 2. The Morgan fingerprint density at radius 3 is 2.67 bits per heavy atom. The third-order valence-electron chi connectivity index (χ3n) is 2.69. The number of non-ortho nitro benzene ring substituents is 1. The smallest absolute Gasteiger partial charge is 0.335 e. The van der Waals surface area contributed by atoms with Crippen LogP contribution in [-0.4, -0.2) is 16.0 Å². The fourth-order valence-corrected chi connectivity index (χ4v) is 1.67. The lowest BCUT2D eigenvalue weighted by atomic mass is 10.2. The zero-order valence-electron chi connectivity index (χ0n) is 10.7. The molecule has 0 aliphatic carbocycles. The maximum absolute atomic E-state index is 13.6. The molecule has 0 unspecified atom stereocenters. The fraction of sp³-hybridized carbons (Fsp3) is 0.0714. The highest BCUT2D eigenvalue weighted by atomic mass is 19.1. The van der Waals surface area contributed by atoms with E-state index >= 15 is 0 Å². The minimum Gasteiger partial charge on any atom is -0.486 e. The van der Waals surface area contributed by atoms with E-state index in [0.29, 0.717) is 5.56 Å². The van der Waals surface area contributed by atoms with E-state index in [2.05, 4.69) is 0 Å². The molecule has 0 aliphatic heterocycles. The first kappa shape index (κ1) is 14.4. The highest BCUT2D eigenvalue weighted by molar-refractivity contribution is 5.87. The molecule has 0 bridgehead atoms. The van der Waals surface area contributed by atoms with Gasteiger partial charge in [0.25, 0.3) is 5.69 Å². The van der Waals surface area contributed by atoms with Gasteiger partial charge in [-0.3, -0.25) is 10.1 Å². The number of hydrogen-bond acceptors (Lipinski definition) is 4. The van der Waals surface area contributed by atoms with Crippen molar-refractivity contribution in [1.29, 1.82) is 0 Å². The molecule has 108 valence electrons. The quantitative estimate of drug-likeness (QED) is 0.675. The summed E-state index contributed by atoms with van der Waals surface area (Å²) in [7, 11) is 0. The van der Waals surface area contributed by atoms with Crippen molar-refractivity contribution in [2.24, 2.45) is 0 Å². The molecule has 2 rings (SSSR count). The Hall–Kier alpha value is -2.96. The summed E-state index contributed by atoms with van der Waals surface area (Å²) < 4.78 is 18.8. The van der Waals surface area contributed by atoms with Crippen LogP contribution in [0.25, 0.3) is 0 Å². The van der Waals surface area contributed by atoms with Crippen LogP contribution in [0.4, 0.5) is 10.1 Å². The van der Waals surface area contributed by atoms with Crippen LogP contribution >= 0.6 is 0 Å². The van der Waals surface area contributed by atoms with Crippen molar-refractivity contribution in [3.63, 3.8) is 0 Å². The highest BCUT2D eigenvalue weighted by Gasteiger charge is 2.10. The first-order chi connectivity index (χ1) is 9.97. The van der Waals surface area contributed by atoms with Crippen molar-refractivity contribution >= 4 is 11.7 Å². The molecule has 0 atom stereocenters. The maximum atomic E-state index is 13.6. The van der Waals surface area contributed by atoms with E-state index in [-0.39, 0.29) is 23.6 Å². The number of aromatic carboxylic acids is 1. The molecule has 7 heteroatoms. The summed E-state index contributed by atoms with van der Waals surface area (Å²) in [5.41, 5.74) is 0.235. The lowest BCUT2D eigenvalue weighted by Crippen LogP contribution is -2.01. The molecular weight excluding hydrogens is 281 g/mol. The number of hydrogen-bond donors (Lipinski definition) is 1. The van der Waals surface area contributed by atoms with Crippen molar-refractivity contribution in [2.45, 2.75) is 6.61 Å². The number of ether oxygens (including phenoxy) is 1. The zero-order chi connectivity index (χ0) is 15.4. The molecule has 1 N–H and O–H groups in total. The minimum atomic E-state index is -1.24. The molecule has 0 aliphatic rings. The lowest BCUT2D eigenvalue weighted by molar-refractivity contribution is -0.384. The Balaban J connectivity index is 2.11. The molecular formula is C14H10FNO5. The van der Waals surface area contributed by atoms with Crippen LogP contribution < -0.4 is 4.74 Å². The Bertz CT molecular complexity index is 702. The van der Waals surface area contributed by atoms with Gasteiger partial charge in [0, 0.05) is 12.1 Å². The minimum absolute atomic E-state index is 0.0645. The molecule has 0 radical (unpaired) electrons. The second kappa shape index (κ2) is 6.00. The molecule has 21 heavy (non-hydrogen) atoms. The van der Waals surface area contributed by atoms with E-state index in [0.717, 1.165) is 6.07 Å². The average molecular weight is 291 g/mol. The first-order valence-corrected chi connectivity index (χ1v) is 5.86. The first-order valence-electron chi connectivity index (χ1n) is 5.86. The SMILES string of the molecule is O=C(O)c1ccc(OCc2cccc([N+](=O)[O-])c2)c(F)c1. The zero-order valence-corrected chi connectivity index (χ0v) is 10.7. The summed E-state index contributed by atoms with van der Waals surface area (Å²) in [5.74, 6) is -2.16. The number of nitro benzene ring substituents is 1. The Morgan fingerprint density at radius 1 is 1.29 bits per heavy atom. The number of rotatable bonds is 5. The van der Waals surface area contributed by atoms with E-state index in [1.165, 1.54) is 30.3 Å². The highest BCUT2D eigenvalue weighted by Crippen LogP contribution is 2.21. The van der Waals surface area contributed by atoms with Gasteiger partial charge in [-0.05, 0) is 23.8 Å². The van der Waals surface area contributed by atoms with Crippen molar-refractivity contribution in [2.75, 3.05) is 0 Å². The topological polar surface area (TPSA) is 89.7 Å². The van der Waals surface area contributed by atoms with Crippen LogP contribution in [-0.2, 0) is 6.61 Å². The summed E-state index contributed by atoms with van der Waals surface area (Å²) in [4.78, 5) is 20.8. The molecule has 0 aromatic heterocycles. The third kappa shape index (κ3) is 3.53. The molecule has 0 saturated carbocycles. The van der Waals surface area contributed by atoms with Crippen LogP contribution in [0.5, 0.6) is 5.75 Å². The van der Waals surface area contributed by atoms with E-state index < -0.39 is 16.7 Å². The maximum Gasteiger partial charge on any atom is 0.335 e. The monoisotopic (exact) mass is 291 g/mol. The van der Waals surface area contributed by atoms with Crippen LogP contribution in [0.2, 0.25) is 0 Å². The predicted molar refractivity (Wildman–Crippen MR) is 70.8 cm³/mol. The van der Waals surface area contributed by atoms with Crippen LogP contribution in [0.3, 0.4) is 0 Å². The number of carboxylic acids is 1. The Kier molecular flexibility index (Phi) is 4.13. The summed E-state index contributed by atoms with van der Waals surface area (Å²) in [6, 6.07) is 9.04. The standard InChI is InChI=1S/C14H10FNO5/c15-12-7-10(14(17)18)4-5-13(12)21-8-9-2-1-3-11(6-9)16(19)20/h1-7H,8H2,(H,17,18). The van der Waals surface area contributed by atoms with E-state index in [1.807, 2.05) is 0 Å². The third-order valence-corrected chi connectivity index (χ3v) is 2.69. The van der Waals surface area contributed by atoms with Gasteiger partial charge < -0.3 is 9.84 Å². The number of carbonyl (C=O) groups is 1. The lowest BCUT2D eigenvalue weighted by Gasteiger charge is -2.07. The Labute approximate surface area is 118 Å². The van der Waals surface area contributed by atoms with Crippen molar-refractivity contribution in [1.82, 2.24) is 0 Å². The molecule has 0 amide bonds. The number of nitrogens with zero attached hydrogens (tertiary/aromatic N) is 1. The summed E-state index contributed by atoms with van der Waals surface area (Å²) in [5, 5.41) is 19.4. The van der Waals surface area contributed by atoms with Gasteiger partial charge in [0.15, 0.2) is 11.6 Å². The van der Waals surface area contributed by atoms with Gasteiger partial charge >= 0.3 is 5.97 Å². The van der Waals surface area contributed by atoms with E-state index in [4.69, 9.17) is 9.84 Å². The summed E-state index contributed by atoms with van der Waals surface area (Å²) in [6.45, 7) is -0.0645. The average Bonchev–Trinajstić information content (AvgIpc) is 2.46. The van der Waals surface area contributed by atoms with Gasteiger partial charge in [0.1, 0.15) is 6.61 Å². The van der Waals surface area contributed by atoms with Gasteiger partial charge in [0.2, 0.25) is 0 Å². The fourth-order valence-electron chi connectivity index (χ4n) is 1.67. The molecule has 0 spiro atoms. The predicted octanol–water partition coefficient (Wildman–Crippen LogP) is 3.01. The van der Waals surface area contributed by atoms with Crippen LogP contribution in [0, 0.1) is 15.9 Å². The van der Waals surface area contributed by atoms with E-state index in [1.54, 1.807) is 6.07 Å². The second-order valence-electron chi connectivity index (χ2n) is 4.17. The van der Waals surface area contributed by atoms with Gasteiger partial charge in [-0.1, -0.05) is 12.1 Å². The van der Waals surface area contributed by atoms with Crippen molar-refractivity contribution < 1.29 is 24.0 Å². The van der Waals surface area contributed by atoms with Gasteiger partial charge in [-0.15, -0.1) is 0 Å². The van der Waals surface area contributed by atoms with Crippen molar-refractivity contribution in [3.8, 4) is 5.75 Å². The normalized spacial score (nSPS) is 10.1. The largest absolute Gasteiger partial charge is 0.486 e. The van der Waals surface area contributed by atoms with Gasteiger partial charge in [-0.2, -0.15) is 0 Å². The van der Waals surface area contributed by atoms with Gasteiger partial charge in [0.05, 0.1) is 10.5 Å². The van der Waals surface area contributed by atoms with Gasteiger partial charge in [-0.25, -0.2) is 9.18 Å². The van der Waals surface area contributed by atoms with Crippen molar-refractivity contribution in [3.05, 3.63) is 69.5 Å². The van der Waals surface area contributed by atoms with Crippen LogP contribution in [0.1, 0.15) is 15.9 Å². The summed E-state index contributed by atoms with van der Waals surface area (Å²) >= 11 is 0. The number of nitro groups is 1. The molecule has 6 nitrogen and oxygen atoms in total. The van der Waals surface area contributed by atoms with E-state index in [9.17, 15) is 19.3 Å². The molecule has 0 heterocycles. The molecule has 0 fully saturated rings. The van der Waals surface area contributed by atoms with Crippen LogP contribution in [0.15, 0.2) is 42.5 Å². The molecule has 0 saturated heterocycles.